The predicted molar refractivity (Wildman–Crippen MR) is 80.8 cm³/mol. The van der Waals surface area contributed by atoms with E-state index in [1.807, 2.05) is 0 Å². The number of hydrogen-bond donors (Lipinski definition) is 0. The average molecular weight is 251 g/mol. The van der Waals surface area contributed by atoms with Crippen molar-refractivity contribution in [2.75, 3.05) is 6.54 Å². The number of rotatable bonds is 6. The smallest absolute Gasteiger partial charge is 0.0258 e. The molecule has 0 radical (unpaired) electrons. The Kier molecular flexibility index (Phi) is 5.03. The largest absolute Gasteiger partial charge is 0.0940 e. The second-order valence-corrected chi connectivity index (χ2v) is 4.42. The Hall–Kier alpha value is -2.25. The summed E-state index contributed by atoms with van der Waals surface area (Å²) >= 11 is 0. The average Bonchev–Trinajstić information content (AvgIpc) is 2.46. The predicted octanol–water partition coefficient (Wildman–Crippen LogP) is 5.33. The molecule has 0 atom stereocenters. The van der Waals surface area contributed by atoms with Crippen LogP contribution in [-0.4, -0.2) is 6.54 Å². The van der Waals surface area contributed by atoms with Crippen LogP contribution >= 0.6 is 0 Å². The van der Waals surface area contributed by atoms with Gasteiger partial charge in [-0.2, -0.15) is 0 Å². The van der Waals surface area contributed by atoms with E-state index in [2.05, 4.69) is 64.6 Å². The summed E-state index contributed by atoms with van der Waals surface area (Å²) in [6.45, 7) is 0.596. The Balaban J connectivity index is 1.95. The lowest BCUT2D eigenvalue weighted by molar-refractivity contribution is 0.756. The molecule has 2 rings (SSSR count). The molecular weight excluding hydrogens is 234 g/mol. The van der Waals surface area contributed by atoms with E-state index < -0.39 is 0 Å². The molecular formula is C16H17N3. The third kappa shape index (κ3) is 3.87. The fourth-order valence-corrected chi connectivity index (χ4v) is 2.10. The Bertz CT molecular complexity index is 605. The Morgan fingerprint density at radius 2 is 1.89 bits per heavy atom. The maximum Gasteiger partial charge on any atom is 0.0258 e. The van der Waals surface area contributed by atoms with E-state index in [0.717, 1.165) is 19.3 Å². The minimum absolute atomic E-state index is 0.596. The van der Waals surface area contributed by atoms with E-state index in [0.29, 0.717) is 6.54 Å². The van der Waals surface area contributed by atoms with Gasteiger partial charge in [0.2, 0.25) is 0 Å². The number of unbranched alkanes of at least 4 members (excludes halogenated alkanes) is 2. The highest BCUT2D eigenvalue weighted by molar-refractivity contribution is 5.90. The molecule has 96 valence electrons. The minimum atomic E-state index is 0.596. The van der Waals surface area contributed by atoms with Gasteiger partial charge in [-0.1, -0.05) is 59.7 Å². The second-order valence-electron chi connectivity index (χ2n) is 4.42. The Morgan fingerprint density at radius 1 is 1.05 bits per heavy atom. The zero-order valence-corrected chi connectivity index (χ0v) is 10.9. The van der Waals surface area contributed by atoms with Crippen molar-refractivity contribution < 1.29 is 0 Å². The van der Waals surface area contributed by atoms with Crippen LogP contribution in [0.25, 0.3) is 27.3 Å². The van der Waals surface area contributed by atoms with Crippen LogP contribution in [0.4, 0.5) is 0 Å². The highest BCUT2D eigenvalue weighted by Gasteiger charge is 1.95. The summed E-state index contributed by atoms with van der Waals surface area (Å²) in [5.41, 5.74) is 9.42. The van der Waals surface area contributed by atoms with Crippen molar-refractivity contribution in [1.29, 1.82) is 0 Å². The number of nitrogens with zero attached hydrogens (tertiary/aromatic N) is 3. The molecule has 0 bridgehead atoms. The zero-order chi connectivity index (χ0) is 13.3. The lowest BCUT2D eigenvalue weighted by atomic mass is 10.0. The van der Waals surface area contributed by atoms with Gasteiger partial charge in [-0.05, 0) is 41.1 Å². The first-order valence-corrected chi connectivity index (χ1v) is 6.57. The lowest BCUT2D eigenvalue weighted by Crippen LogP contribution is -1.79. The van der Waals surface area contributed by atoms with Gasteiger partial charge in [-0.3, -0.25) is 0 Å². The van der Waals surface area contributed by atoms with Gasteiger partial charge in [-0.15, -0.1) is 0 Å². The van der Waals surface area contributed by atoms with Crippen molar-refractivity contribution in [1.82, 2.24) is 0 Å². The van der Waals surface area contributed by atoms with E-state index in [9.17, 15) is 0 Å². The van der Waals surface area contributed by atoms with E-state index in [1.54, 1.807) is 0 Å². The summed E-state index contributed by atoms with van der Waals surface area (Å²) in [6, 6.07) is 14.8. The molecule has 2 aromatic rings. The van der Waals surface area contributed by atoms with Crippen LogP contribution in [0.15, 0.2) is 53.7 Å². The van der Waals surface area contributed by atoms with Crippen molar-refractivity contribution in [2.24, 2.45) is 5.11 Å². The van der Waals surface area contributed by atoms with Gasteiger partial charge in [0.15, 0.2) is 0 Å². The molecule has 0 heterocycles. The van der Waals surface area contributed by atoms with E-state index >= 15 is 0 Å². The maximum atomic E-state index is 8.16. The molecule has 0 unspecified atom stereocenters. The molecule has 0 aliphatic heterocycles. The summed E-state index contributed by atoms with van der Waals surface area (Å²) in [6.07, 6.45) is 7.39. The topological polar surface area (TPSA) is 48.8 Å². The van der Waals surface area contributed by atoms with Crippen LogP contribution in [0, 0.1) is 0 Å². The number of benzene rings is 2. The maximum absolute atomic E-state index is 8.16. The highest BCUT2D eigenvalue weighted by Crippen LogP contribution is 2.19. The standard InChI is InChI=1S/C16H17N3/c17-19-18-13-6-2-1-3-8-14-10-7-11-15-9-4-5-12-16(14)15/h3-5,7-12H,1-2,6,13H2/b8-3+. The van der Waals surface area contributed by atoms with Gasteiger partial charge in [0.05, 0.1) is 0 Å². The first-order valence-electron chi connectivity index (χ1n) is 6.57. The fraction of sp³-hybridized carbons (Fsp3) is 0.250. The van der Waals surface area contributed by atoms with Gasteiger partial charge < -0.3 is 0 Å². The van der Waals surface area contributed by atoms with Crippen molar-refractivity contribution in [3.05, 3.63) is 64.5 Å². The van der Waals surface area contributed by atoms with Crippen LogP contribution in [0.2, 0.25) is 0 Å². The van der Waals surface area contributed by atoms with Crippen molar-refractivity contribution in [2.45, 2.75) is 19.3 Å². The summed E-state index contributed by atoms with van der Waals surface area (Å²) < 4.78 is 0. The van der Waals surface area contributed by atoms with Crippen LogP contribution in [0.3, 0.4) is 0 Å². The van der Waals surface area contributed by atoms with E-state index in [-0.39, 0.29) is 0 Å². The molecule has 19 heavy (non-hydrogen) atoms. The minimum Gasteiger partial charge on any atom is -0.0940 e. The molecule has 0 amide bonds. The first kappa shape index (κ1) is 13.2. The van der Waals surface area contributed by atoms with E-state index in [1.165, 1.54) is 16.3 Å². The van der Waals surface area contributed by atoms with Gasteiger partial charge in [0.1, 0.15) is 0 Å². The Morgan fingerprint density at radius 3 is 2.79 bits per heavy atom. The van der Waals surface area contributed by atoms with Gasteiger partial charge in [0, 0.05) is 11.5 Å². The summed E-state index contributed by atoms with van der Waals surface area (Å²) in [4.78, 5) is 2.74. The van der Waals surface area contributed by atoms with Crippen molar-refractivity contribution in [3.8, 4) is 0 Å². The molecule has 0 aliphatic carbocycles. The summed E-state index contributed by atoms with van der Waals surface area (Å²) in [7, 11) is 0. The molecule has 0 saturated heterocycles. The SMILES string of the molecule is [N-]=[N+]=NCCCC/C=C/c1cccc2ccccc12. The van der Waals surface area contributed by atoms with Crippen LogP contribution in [-0.2, 0) is 0 Å². The number of fused-ring (bicyclic) bond motifs is 1. The zero-order valence-electron chi connectivity index (χ0n) is 10.9. The molecule has 2 aromatic carbocycles. The lowest BCUT2D eigenvalue weighted by Gasteiger charge is -2.01. The number of azide groups is 1. The highest BCUT2D eigenvalue weighted by atomic mass is 15.1. The number of hydrogen-bond acceptors (Lipinski definition) is 1. The normalized spacial score (nSPS) is 10.7. The number of allylic oxidation sites excluding steroid dienone is 1. The van der Waals surface area contributed by atoms with E-state index in [4.69, 9.17) is 5.53 Å². The molecule has 0 N–H and O–H groups in total. The molecule has 3 heteroatoms. The second kappa shape index (κ2) is 7.24. The molecule has 0 saturated carbocycles. The quantitative estimate of drug-likeness (QED) is 0.288. The Labute approximate surface area is 113 Å². The van der Waals surface area contributed by atoms with Gasteiger partial charge >= 0.3 is 0 Å². The van der Waals surface area contributed by atoms with Crippen LogP contribution in [0.1, 0.15) is 24.8 Å². The first-order chi connectivity index (χ1) is 9.42. The molecule has 0 aromatic heterocycles. The van der Waals surface area contributed by atoms with Crippen molar-refractivity contribution in [3.63, 3.8) is 0 Å². The van der Waals surface area contributed by atoms with Gasteiger partial charge in [-0.25, -0.2) is 0 Å². The van der Waals surface area contributed by atoms with Gasteiger partial charge in [0.25, 0.3) is 0 Å². The van der Waals surface area contributed by atoms with Crippen molar-refractivity contribution >= 4 is 16.8 Å². The third-order valence-electron chi connectivity index (χ3n) is 3.06. The molecule has 0 aliphatic rings. The monoisotopic (exact) mass is 251 g/mol. The summed E-state index contributed by atoms with van der Waals surface area (Å²) in [5.74, 6) is 0. The molecule has 3 nitrogen and oxygen atoms in total. The fourth-order valence-electron chi connectivity index (χ4n) is 2.10. The molecule has 0 spiro atoms. The third-order valence-corrected chi connectivity index (χ3v) is 3.06. The molecule has 0 fully saturated rings. The van der Waals surface area contributed by atoms with Crippen LogP contribution < -0.4 is 0 Å². The van der Waals surface area contributed by atoms with Crippen LogP contribution in [0.5, 0.6) is 0 Å². The summed E-state index contributed by atoms with van der Waals surface area (Å²) in [5, 5.41) is 6.08.